The van der Waals surface area contributed by atoms with Gasteiger partial charge in [0.15, 0.2) is 0 Å². The van der Waals surface area contributed by atoms with Crippen LogP contribution in [0.25, 0.3) is 0 Å². The van der Waals surface area contributed by atoms with E-state index in [0.29, 0.717) is 5.92 Å². The molecule has 1 saturated carbocycles. The van der Waals surface area contributed by atoms with Gasteiger partial charge in [0.2, 0.25) is 0 Å². The molecule has 1 heteroatoms. The van der Waals surface area contributed by atoms with Gasteiger partial charge >= 0.3 is 0 Å². The smallest absolute Gasteiger partial charge is 0.0693 e. The van der Waals surface area contributed by atoms with Crippen molar-refractivity contribution in [1.29, 1.82) is 5.26 Å². The standard InChI is InChI=1S/C12H13N/c1-9-5-3-4-6-10(9)11-7-12(11,2)8-13/h3-6,11H,7H2,1-2H3. The van der Waals surface area contributed by atoms with Crippen molar-refractivity contribution in [3.8, 4) is 6.07 Å². The SMILES string of the molecule is Cc1ccccc1C1CC1(C)C#N. The third-order valence-corrected chi connectivity index (χ3v) is 3.06. The van der Waals surface area contributed by atoms with Crippen LogP contribution in [0, 0.1) is 23.7 Å². The Morgan fingerprint density at radius 2 is 2.15 bits per heavy atom. The van der Waals surface area contributed by atoms with E-state index in [1.54, 1.807) is 0 Å². The lowest BCUT2D eigenvalue weighted by molar-refractivity contribution is 0.725. The molecular formula is C12H13N. The number of hydrogen-bond donors (Lipinski definition) is 0. The van der Waals surface area contributed by atoms with Gasteiger partial charge < -0.3 is 0 Å². The van der Waals surface area contributed by atoms with E-state index < -0.39 is 0 Å². The molecule has 0 aromatic heterocycles. The lowest BCUT2D eigenvalue weighted by atomic mass is 9.99. The molecule has 1 aliphatic rings. The number of nitrogens with zero attached hydrogens (tertiary/aromatic N) is 1. The van der Waals surface area contributed by atoms with Gasteiger partial charge in [0, 0.05) is 5.92 Å². The highest BCUT2D eigenvalue weighted by Gasteiger charge is 2.51. The molecule has 0 spiro atoms. The van der Waals surface area contributed by atoms with E-state index in [1.807, 2.05) is 13.0 Å². The molecule has 1 aromatic rings. The summed E-state index contributed by atoms with van der Waals surface area (Å²) in [6.45, 7) is 4.16. The number of rotatable bonds is 1. The van der Waals surface area contributed by atoms with Crippen molar-refractivity contribution in [2.75, 3.05) is 0 Å². The second kappa shape index (κ2) is 2.60. The maximum atomic E-state index is 8.94. The average Bonchev–Trinajstić information content (AvgIpc) is 2.80. The summed E-state index contributed by atoms with van der Waals surface area (Å²) >= 11 is 0. The van der Waals surface area contributed by atoms with Gasteiger partial charge in [-0.05, 0) is 31.4 Å². The zero-order valence-corrected chi connectivity index (χ0v) is 8.04. The molecular weight excluding hydrogens is 158 g/mol. The van der Waals surface area contributed by atoms with E-state index in [-0.39, 0.29) is 5.41 Å². The normalized spacial score (nSPS) is 31.0. The molecule has 0 amide bonds. The van der Waals surface area contributed by atoms with Gasteiger partial charge in [0.25, 0.3) is 0 Å². The first-order valence-electron chi connectivity index (χ1n) is 4.64. The quantitative estimate of drug-likeness (QED) is 0.637. The molecule has 1 aliphatic carbocycles. The molecule has 0 bridgehead atoms. The summed E-state index contributed by atoms with van der Waals surface area (Å²) < 4.78 is 0. The van der Waals surface area contributed by atoms with Crippen molar-refractivity contribution in [2.24, 2.45) is 5.41 Å². The fourth-order valence-corrected chi connectivity index (χ4v) is 1.92. The minimum Gasteiger partial charge on any atom is -0.198 e. The van der Waals surface area contributed by atoms with Crippen molar-refractivity contribution >= 4 is 0 Å². The van der Waals surface area contributed by atoms with Gasteiger partial charge in [0.1, 0.15) is 0 Å². The van der Waals surface area contributed by atoms with Crippen LogP contribution in [-0.2, 0) is 0 Å². The Morgan fingerprint density at radius 3 is 2.69 bits per heavy atom. The van der Waals surface area contributed by atoms with Crippen LogP contribution < -0.4 is 0 Å². The Hall–Kier alpha value is -1.29. The maximum Gasteiger partial charge on any atom is 0.0693 e. The molecule has 0 N–H and O–H groups in total. The van der Waals surface area contributed by atoms with E-state index >= 15 is 0 Å². The van der Waals surface area contributed by atoms with E-state index in [0.717, 1.165) is 6.42 Å². The van der Waals surface area contributed by atoms with E-state index in [4.69, 9.17) is 5.26 Å². The fraction of sp³-hybridized carbons (Fsp3) is 0.417. The molecule has 1 nitrogen and oxygen atoms in total. The topological polar surface area (TPSA) is 23.8 Å². The molecule has 1 aromatic carbocycles. The van der Waals surface area contributed by atoms with Crippen molar-refractivity contribution in [3.63, 3.8) is 0 Å². The van der Waals surface area contributed by atoms with Crippen molar-refractivity contribution in [3.05, 3.63) is 35.4 Å². The van der Waals surface area contributed by atoms with Gasteiger partial charge in [-0.3, -0.25) is 0 Å². The predicted molar refractivity (Wildman–Crippen MR) is 52.3 cm³/mol. The van der Waals surface area contributed by atoms with Crippen molar-refractivity contribution in [1.82, 2.24) is 0 Å². The van der Waals surface area contributed by atoms with Gasteiger partial charge in [-0.15, -0.1) is 0 Å². The average molecular weight is 171 g/mol. The number of hydrogen-bond acceptors (Lipinski definition) is 1. The lowest BCUT2D eigenvalue weighted by Crippen LogP contribution is -1.94. The third kappa shape index (κ3) is 1.23. The largest absolute Gasteiger partial charge is 0.198 e. The Balaban J connectivity index is 2.32. The number of benzene rings is 1. The van der Waals surface area contributed by atoms with Crippen LogP contribution in [-0.4, -0.2) is 0 Å². The van der Waals surface area contributed by atoms with Crippen molar-refractivity contribution in [2.45, 2.75) is 26.2 Å². The predicted octanol–water partition coefficient (Wildman–Crippen LogP) is 3.01. The first kappa shape index (κ1) is 8.31. The van der Waals surface area contributed by atoms with E-state index in [2.05, 4.69) is 31.2 Å². The van der Waals surface area contributed by atoms with E-state index in [1.165, 1.54) is 11.1 Å². The third-order valence-electron chi connectivity index (χ3n) is 3.06. The van der Waals surface area contributed by atoms with Crippen LogP contribution in [0.3, 0.4) is 0 Å². The van der Waals surface area contributed by atoms with Gasteiger partial charge in [-0.1, -0.05) is 24.3 Å². The highest BCUT2D eigenvalue weighted by Crippen LogP contribution is 2.58. The zero-order valence-electron chi connectivity index (χ0n) is 8.04. The minimum atomic E-state index is -0.0912. The first-order chi connectivity index (χ1) is 6.17. The molecule has 0 radical (unpaired) electrons. The first-order valence-corrected chi connectivity index (χ1v) is 4.64. The Kier molecular flexibility index (Phi) is 1.66. The fourth-order valence-electron chi connectivity index (χ4n) is 1.92. The van der Waals surface area contributed by atoms with Crippen LogP contribution in [0.4, 0.5) is 0 Å². The van der Waals surface area contributed by atoms with Crippen LogP contribution in [0.15, 0.2) is 24.3 Å². The Morgan fingerprint density at radius 1 is 1.46 bits per heavy atom. The molecule has 0 heterocycles. The molecule has 0 aliphatic heterocycles. The molecule has 0 saturated heterocycles. The maximum absolute atomic E-state index is 8.94. The summed E-state index contributed by atoms with van der Waals surface area (Å²) in [6.07, 6.45) is 1.02. The molecule has 2 unspecified atom stereocenters. The van der Waals surface area contributed by atoms with Gasteiger partial charge in [0.05, 0.1) is 11.5 Å². The van der Waals surface area contributed by atoms with E-state index in [9.17, 15) is 0 Å². The number of aryl methyl sites for hydroxylation is 1. The summed E-state index contributed by atoms with van der Waals surface area (Å²) in [4.78, 5) is 0. The summed E-state index contributed by atoms with van der Waals surface area (Å²) in [7, 11) is 0. The summed E-state index contributed by atoms with van der Waals surface area (Å²) in [5, 5.41) is 8.94. The zero-order chi connectivity index (χ0) is 9.47. The highest BCUT2D eigenvalue weighted by molar-refractivity contribution is 5.38. The van der Waals surface area contributed by atoms with Crippen LogP contribution in [0.5, 0.6) is 0 Å². The second-order valence-corrected chi connectivity index (χ2v) is 4.14. The summed E-state index contributed by atoms with van der Waals surface area (Å²) in [6, 6.07) is 10.7. The Labute approximate surface area is 79.0 Å². The van der Waals surface area contributed by atoms with Gasteiger partial charge in [-0.25, -0.2) is 0 Å². The monoisotopic (exact) mass is 171 g/mol. The lowest BCUT2D eigenvalue weighted by Gasteiger charge is -2.04. The highest BCUT2D eigenvalue weighted by atomic mass is 14.5. The summed E-state index contributed by atoms with van der Waals surface area (Å²) in [5.74, 6) is 0.471. The van der Waals surface area contributed by atoms with Crippen LogP contribution >= 0.6 is 0 Å². The molecule has 13 heavy (non-hydrogen) atoms. The van der Waals surface area contributed by atoms with Crippen LogP contribution in [0.1, 0.15) is 30.4 Å². The van der Waals surface area contributed by atoms with Crippen molar-refractivity contribution < 1.29 is 0 Å². The van der Waals surface area contributed by atoms with Gasteiger partial charge in [-0.2, -0.15) is 5.26 Å². The number of nitriles is 1. The summed E-state index contributed by atoms with van der Waals surface area (Å²) in [5.41, 5.74) is 2.57. The molecule has 2 rings (SSSR count). The second-order valence-electron chi connectivity index (χ2n) is 4.14. The molecule has 2 atom stereocenters. The molecule has 1 fully saturated rings. The Bertz CT molecular complexity index is 375. The minimum absolute atomic E-state index is 0.0912. The van der Waals surface area contributed by atoms with Crippen LogP contribution in [0.2, 0.25) is 0 Å². The molecule has 66 valence electrons.